The molecule has 1 atom stereocenters. The first-order chi connectivity index (χ1) is 14.4. The van der Waals surface area contributed by atoms with Gasteiger partial charge in [0.15, 0.2) is 0 Å². The summed E-state index contributed by atoms with van der Waals surface area (Å²) in [5, 5.41) is 13.0. The van der Waals surface area contributed by atoms with Gasteiger partial charge in [-0.1, -0.05) is 17.7 Å². The maximum atomic E-state index is 13.3. The van der Waals surface area contributed by atoms with Crippen molar-refractivity contribution < 1.29 is 14.0 Å². The Labute approximate surface area is 176 Å². The fourth-order valence-electron chi connectivity index (χ4n) is 3.31. The molecule has 0 fully saturated rings. The first kappa shape index (κ1) is 19.7. The van der Waals surface area contributed by atoms with Gasteiger partial charge in [0.05, 0.1) is 17.0 Å². The minimum Gasteiger partial charge on any atom is -0.325 e. The van der Waals surface area contributed by atoms with Crippen LogP contribution in [-0.2, 0) is 4.79 Å². The molecule has 0 saturated carbocycles. The zero-order valence-corrected chi connectivity index (χ0v) is 16.6. The number of nitrogens with one attached hydrogen (secondary N) is 3. The van der Waals surface area contributed by atoms with Crippen LogP contribution in [0.3, 0.4) is 0 Å². The summed E-state index contributed by atoms with van der Waals surface area (Å²) in [6, 6.07) is 13.0. The van der Waals surface area contributed by atoms with E-state index in [1.54, 1.807) is 60.3 Å². The molecule has 3 amide bonds. The van der Waals surface area contributed by atoms with Crippen LogP contribution in [0, 0.1) is 5.82 Å². The number of carbonyl (C=O) groups is 2. The lowest BCUT2D eigenvalue weighted by Crippen LogP contribution is -2.46. The molecule has 7 nitrogen and oxygen atoms in total. The maximum absolute atomic E-state index is 13.3. The number of amides is 3. The Hall–Kier alpha value is -3.65. The highest BCUT2D eigenvalue weighted by atomic mass is 35.5. The summed E-state index contributed by atoms with van der Waals surface area (Å²) in [5.74, 6) is -0.779. The predicted molar refractivity (Wildman–Crippen MR) is 111 cm³/mol. The van der Waals surface area contributed by atoms with E-state index in [2.05, 4.69) is 21.0 Å². The number of allylic oxidation sites excluding steroid dienone is 1. The lowest BCUT2D eigenvalue weighted by molar-refractivity contribution is -0.113. The number of hydrogen-bond donors (Lipinski definition) is 3. The number of halogens is 2. The zero-order valence-electron chi connectivity index (χ0n) is 15.8. The maximum Gasteiger partial charge on any atom is 0.319 e. The lowest BCUT2D eigenvalue weighted by atomic mass is 9.98. The van der Waals surface area contributed by atoms with Gasteiger partial charge in [-0.05, 0) is 55.5 Å². The van der Waals surface area contributed by atoms with E-state index in [9.17, 15) is 14.0 Å². The smallest absolute Gasteiger partial charge is 0.319 e. The molecule has 1 unspecified atom stereocenters. The Morgan fingerprint density at radius 2 is 1.97 bits per heavy atom. The molecule has 2 aromatic carbocycles. The predicted octanol–water partition coefficient (Wildman–Crippen LogP) is 3.93. The van der Waals surface area contributed by atoms with Gasteiger partial charge >= 0.3 is 6.03 Å². The number of urea groups is 1. The Bertz CT molecular complexity index is 1160. The number of carbonyl (C=O) groups excluding carboxylic acids is 2. The molecule has 1 aromatic heterocycles. The van der Waals surface area contributed by atoms with Crippen molar-refractivity contribution in [1.82, 2.24) is 20.4 Å². The van der Waals surface area contributed by atoms with Gasteiger partial charge in [-0.25, -0.2) is 13.9 Å². The van der Waals surface area contributed by atoms with Crippen LogP contribution >= 0.6 is 11.6 Å². The van der Waals surface area contributed by atoms with E-state index < -0.39 is 18.0 Å². The summed E-state index contributed by atoms with van der Waals surface area (Å²) < 4.78 is 14.9. The molecule has 30 heavy (non-hydrogen) atoms. The Morgan fingerprint density at radius 3 is 2.70 bits per heavy atom. The molecular weight excluding hydrogens is 409 g/mol. The molecule has 0 spiro atoms. The number of benzene rings is 2. The van der Waals surface area contributed by atoms with Crippen molar-refractivity contribution in [3.8, 4) is 5.69 Å². The lowest BCUT2D eigenvalue weighted by Gasteiger charge is -2.28. The van der Waals surface area contributed by atoms with Gasteiger partial charge in [-0.3, -0.25) is 4.79 Å². The monoisotopic (exact) mass is 425 g/mol. The van der Waals surface area contributed by atoms with Gasteiger partial charge in [0.25, 0.3) is 5.91 Å². The third-order valence-electron chi connectivity index (χ3n) is 4.64. The highest BCUT2D eigenvalue weighted by Gasteiger charge is 2.33. The molecule has 1 aliphatic rings. The molecule has 152 valence electrons. The topological polar surface area (TPSA) is 88.1 Å². The van der Waals surface area contributed by atoms with Crippen molar-refractivity contribution in [2.75, 3.05) is 5.32 Å². The summed E-state index contributed by atoms with van der Waals surface area (Å²) in [6.45, 7) is 1.65. The van der Waals surface area contributed by atoms with Crippen molar-refractivity contribution in [2.45, 2.75) is 13.0 Å². The van der Waals surface area contributed by atoms with E-state index in [4.69, 9.17) is 11.6 Å². The molecular formula is C21H17ClFN5O2. The summed E-state index contributed by atoms with van der Waals surface area (Å²) in [5.41, 5.74) is 2.40. The van der Waals surface area contributed by atoms with E-state index in [1.165, 1.54) is 12.1 Å². The van der Waals surface area contributed by atoms with Crippen LogP contribution < -0.4 is 16.0 Å². The van der Waals surface area contributed by atoms with Crippen LogP contribution in [0.5, 0.6) is 0 Å². The molecule has 0 saturated heterocycles. The standard InChI is InChI=1S/C21H17ClFN5O2/c1-12-18(20(29)26-15-4-2-3-13(22)11-15)19(27-21(30)25-12)17-9-10-24-28(17)16-7-5-14(23)6-8-16/h2-11,19H,1H3,(H,26,29)(H2,25,27,30). The third kappa shape index (κ3) is 3.90. The third-order valence-corrected chi connectivity index (χ3v) is 4.87. The van der Waals surface area contributed by atoms with E-state index in [0.717, 1.165) is 0 Å². The summed E-state index contributed by atoms with van der Waals surface area (Å²) in [7, 11) is 0. The second-order valence-corrected chi connectivity index (χ2v) is 7.12. The first-order valence-electron chi connectivity index (χ1n) is 9.07. The molecule has 1 aliphatic heterocycles. The van der Waals surface area contributed by atoms with Crippen LogP contribution in [0.2, 0.25) is 5.02 Å². The van der Waals surface area contributed by atoms with Crippen LogP contribution in [0.15, 0.2) is 72.1 Å². The largest absolute Gasteiger partial charge is 0.325 e. The van der Waals surface area contributed by atoms with Crippen LogP contribution in [0.1, 0.15) is 18.7 Å². The average Bonchev–Trinajstić information content (AvgIpc) is 3.17. The fourth-order valence-corrected chi connectivity index (χ4v) is 3.50. The van der Waals surface area contributed by atoms with Gasteiger partial charge in [0.1, 0.15) is 11.9 Å². The fraction of sp³-hybridized carbons (Fsp3) is 0.0952. The van der Waals surface area contributed by atoms with Gasteiger partial charge < -0.3 is 16.0 Å². The Balaban J connectivity index is 1.72. The Kier molecular flexibility index (Phi) is 5.24. The van der Waals surface area contributed by atoms with Crippen LogP contribution in [0.25, 0.3) is 5.69 Å². The van der Waals surface area contributed by atoms with Crippen molar-refractivity contribution in [1.29, 1.82) is 0 Å². The number of anilines is 1. The summed E-state index contributed by atoms with van der Waals surface area (Å²) in [6.07, 6.45) is 1.55. The minimum absolute atomic E-state index is 0.318. The molecule has 2 heterocycles. The van der Waals surface area contributed by atoms with Crippen molar-refractivity contribution in [2.24, 2.45) is 0 Å². The van der Waals surface area contributed by atoms with E-state index >= 15 is 0 Å². The van der Waals surface area contributed by atoms with Gasteiger partial charge in [-0.15, -0.1) is 0 Å². The van der Waals surface area contributed by atoms with Crippen LogP contribution in [0.4, 0.5) is 14.9 Å². The molecule has 0 bridgehead atoms. The van der Waals surface area contributed by atoms with Gasteiger partial charge in [0, 0.05) is 22.6 Å². The second kappa shape index (κ2) is 8.00. The van der Waals surface area contributed by atoms with E-state index in [1.807, 2.05) is 0 Å². The molecule has 3 N–H and O–H groups in total. The van der Waals surface area contributed by atoms with Crippen molar-refractivity contribution in [3.63, 3.8) is 0 Å². The molecule has 0 aliphatic carbocycles. The molecule has 0 radical (unpaired) electrons. The normalized spacial score (nSPS) is 16.1. The zero-order chi connectivity index (χ0) is 21.3. The quantitative estimate of drug-likeness (QED) is 0.591. The summed E-state index contributed by atoms with van der Waals surface area (Å²) in [4.78, 5) is 25.3. The van der Waals surface area contributed by atoms with Crippen LogP contribution in [-0.4, -0.2) is 21.7 Å². The number of nitrogens with zero attached hydrogens (tertiary/aromatic N) is 2. The van der Waals surface area contributed by atoms with Gasteiger partial charge in [0.2, 0.25) is 0 Å². The highest BCUT2D eigenvalue weighted by molar-refractivity contribution is 6.31. The molecule has 9 heteroatoms. The minimum atomic E-state index is -0.773. The SMILES string of the molecule is CC1=C(C(=O)Nc2cccc(Cl)c2)C(c2ccnn2-c2ccc(F)cc2)NC(=O)N1. The first-order valence-corrected chi connectivity index (χ1v) is 9.45. The highest BCUT2D eigenvalue weighted by Crippen LogP contribution is 2.29. The van der Waals surface area contributed by atoms with Crippen molar-refractivity contribution in [3.05, 3.63) is 88.6 Å². The average molecular weight is 426 g/mol. The van der Waals surface area contributed by atoms with Crippen molar-refractivity contribution >= 4 is 29.2 Å². The van der Waals surface area contributed by atoms with E-state index in [-0.39, 0.29) is 5.82 Å². The molecule has 3 aromatic rings. The van der Waals surface area contributed by atoms with E-state index in [0.29, 0.717) is 33.4 Å². The number of rotatable bonds is 4. The number of aromatic nitrogens is 2. The number of hydrogen-bond acceptors (Lipinski definition) is 3. The summed E-state index contributed by atoms with van der Waals surface area (Å²) >= 11 is 6.00. The Morgan fingerprint density at radius 1 is 1.20 bits per heavy atom. The second-order valence-electron chi connectivity index (χ2n) is 6.68. The molecule has 4 rings (SSSR count). The van der Waals surface area contributed by atoms with Gasteiger partial charge in [-0.2, -0.15) is 5.10 Å².